The number of ether oxygens (including phenoxy) is 1. The average Bonchev–Trinajstić information content (AvgIpc) is 3.09. The van der Waals surface area contributed by atoms with E-state index < -0.39 is 32.8 Å². The molecule has 4 atom stereocenters. The number of esters is 1. The zero-order chi connectivity index (χ0) is 20.7. The molecule has 2 saturated heterocycles. The van der Waals surface area contributed by atoms with Crippen LogP contribution in [0.3, 0.4) is 0 Å². The van der Waals surface area contributed by atoms with Crippen molar-refractivity contribution in [2.45, 2.75) is 38.9 Å². The minimum absolute atomic E-state index is 0.212. The molecule has 1 N–H and O–H groups in total. The summed E-state index contributed by atoms with van der Waals surface area (Å²) in [5.41, 5.74) is 0. The van der Waals surface area contributed by atoms with E-state index in [0.29, 0.717) is 5.75 Å². The Kier molecular flexibility index (Phi) is 6.84. The minimum Gasteiger partial charge on any atom is -0.460 e. The van der Waals surface area contributed by atoms with Crippen molar-refractivity contribution in [3.63, 3.8) is 0 Å². The van der Waals surface area contributed by atoms with Crippen molar-refractivity contribution in [1.29, 1.82) is 0 Å². The first kappa shape index (κ1) is 22.5. The molecule has 0 aromatic carbocycles. The molecule has 2 fully saturated rings. The van der Waals surface area contributed by atoms with Crippen molar-refractivity contribution < 1.29 is 19.1 Å². The van der Waals surface area contributed by atoms with Crippen LogP contribution in [0.25, 0.3) is 0 Å². The van der Waals surface area contributed by atoms with Gasteiger partial charge in [-0.1, -0.05) is 56.8 Å². The van der Waals surface area contributed by atoms with Crippen molar-refractivity contribution in [2.24, 2.45) is 0 Å². The number of halogens is 4. The molecular weight excluding hydrogens is 535 g/mol. The van der Waals surface area contributed by atoms with Gasteiger partial charge < -0.3 is 15.0 Å². The van der Waals surface area contributed by atoms with Crippen molar-refractivity contribution in [2.75, 3.05) is 12.4 Å². The summed E-state index contributed by atoms with van der Waals surface area (Å²) in [7, 11) is 0. The van der Waals surface area contributed by atoms with E-state index in [9.17, 15) is 14.4 Å². The molecule has 1 aromatic heterocycles. The first-order valence-electron chi connectivity index (χ1n) is 8.17. The van der Waals surface area contributed by atoms with Gasteiger partial charge >= 0.3 is 5.97 Å². The third kappa shape index (κ3) is 4.92. The topological polar surface area (TPSA) is 75.7 Å². The molecule has 28 heavy (non-hydrogen) atoms. The molecule has 0 bridgehead atoms. The zero-order valence-electron chi connectivity index (χ0n) is 14.5. The Bertz CT molecular complexity index is 772. The highest BCUT2D eigenvalue weighted by Crippen LogP contribution is 2.46. The Morgan fingerprint density at radius 2 is 2.18 bits per heavy atom. The minimum atomic E-state index is -1.74. The lowest BCUT2D eigenvalue weighted by Crippen LogP contribution is -2.78. The van der Waals surface area contributed by atoms with Gasteiger partial charge in [0, 0.05) is 10.6 Å². The number of alkyl halides is 4. The van der Waals surface area contributed by atoms with Gasteiger partial charge in [0.15, 0.2) is 0 Å². The molecule has 3 heterocycles. The number of carbonyl (C=O) groups is 3. The van der Waals surface area contributed by atoms with Gasteiger partial charge in [-0.2, -0.15) is 0 Å². The molecule has 3 rings (SSSR count). The summed E-state index contributed by atoms with van der Waals surface area (Å²) in [6, 6.07) is 2.17. The van der Waals surface area contributed by atoms with E-state index >= 15 is 0 Å². The number of carbonyl (C=O) groups excluding carboxylic acids is 3. The van der Waals surface area contributed by atoms with E-state index in [2.05, 4.69) is 21.2 Å². The Morgan fingerprint density at radius 3 is 2.79 bits per heavy atom. The fourth-order valence-electron chi connectivity index (χ4n) is 3.07. The van der Waals surface area contributed by atoms with Crippen molar-refractivity contribution in [1.82, 2.24) is 10.2 Å². The van der Waals surface area contributed by atoms with E-state index in [4.69, 9.17) is 39.5 Å². The Balaban J connectivity index is 1.66. The summed E-state index contributed by atoms with van der Waals surface area (Å²) in [5.74, 6) is -0.693. The van der Waals surface area contributed by atoms with Crippen molar-refractivity contribution >= 4 is 91.6 Å². The van der Waals surface area contributed by atoms with Crippen LogP contribution >= 0.6 is 73.8 Å². The van der Waals surface area contributed by atoms with Crippen molar-refractivity contribution in [3.8, 4) is 0 Å². The van der Waals surface area contributed by atoms with E-state index in [1.165, 1.54) is 28.0 Å². The summed E-state index contributed by atoms with van der Waals surface area (Å²) in [4.78, 5) is 40.0. The molecule has 0 saturated carbocycles. The first-order valence-corrected chi connectivity index (χ1v) is 12.0. The summed E-state index contributed by atoms with van der Waals surface area (Å²) in [6.07, 6.45) is 0.212. The van der Waals surface area contributed by atoms with Crippen LogP contribution in [-0.2, 0) is 25.5 Å². The quantitative estimate of drug-likeness (QED) is 0.347. The molecule has 0 spiro atoms. The van der Waals surface area contributed by atoms with Crippen LogP contribution in [0.15, 0.2) is 17.5 Å². The molecule has 2 aliphatic rings. The van der Waals surface area contributed by atoms with Crippen LogP contribution < -0.4 is 5.32 Å². The summed E-state index contributed by atoms with van der Waals surface area (Å²) in [5, 5.41) is 4.31. The summed E-state index contributed by atoms with van der Waals surface area (Å²) in [6.45, 7) is 1.38. The predicted octanol–water partition coefficient (Wildman–Crippen LogP) is 3.13. The number of thioether (sulfide) groups is 1. The average molecular weight is 551 g/mol. The van der Waals surface area contributed by atoms with E-state index in [-0.39, 0.29) is 23.6 Å². The molecule has 1 aromatic rings. The van der Waals surface area contributed by atoms with E-state index in [1.807, 2.05) is 17.5 Å². The second-order valence-corrected chi connectivity index (χ2v) is 13.1. The fraction of sp³-hybridized carbons (Fsp3) is 0.562. The van der Waals surface area contributed by atoms with Crippen molar-refractivity contribution in [3.05, 3.63) is 22.4 Å². The highest BCUT2D eigenvalue weighted by Gasteiger charge is 2.61. The van der Waals surface area contributed by atoms with Gasteiger partial charge in [-0.25, -0.2) is 4.79 Å². The lowest BCUT2D eigenvalue weighted by Gasteiger charge is -2.56. The van der Waals surface area contributed by atoms with Crippen LogP contribution in [0, 0.1) is 0 Å². The number of hydrogen-bond acceptors (Lipinski definition) is 6. The number of fused-ring (bicyclic) bond motifs is 1. The van der Waals surface area contributed by atoms with Gasteiger partial charge in [0.25, 0.3) is 0 Å². The Hall–Kier alpha value is -0.190. The Labute approximate surface area is 193 Å². The van der Waals surface area contributed by atoms with Gasteiger partial charge in [-0.3, -0.25) is 9.59 Å². The van der Waals surface area contributed by atoms with Gasteiger partial charge in [-0.05, 0) is 18.4 Å². The van der Waals surface area contributed by atoms with E-state index in [1.54, 1.807) is 6.92 Å². The smallest absolute Gasteiger partial charge is 0.330 e. The molecule has 12 heteroatoms. The summed E-state index contributed by atoms with van der Waals surface area (Å²) >= 11 is 23.4. The zero-order valence-corrected chi connectivity index (χ0v) is 20.0. The highest BCUT2D eigenvalue weighted by atomic mass is 79.9. The molecule has 2 amide bonds. The predicted molar refractivity (Wildman–Crippen MR) is 115 cm³/mol. The normalized spacial score (nSPS) is 29.7. The standard InChI is InChI=1S/C16H16BrCl3N2O4S2/c1-15(17)7-28-13-10(21-9(23)5-8-3-2-4-27-8)12(24)22(13)11(15)14(25)26-6-16(18,19)20/h2-4,10-11,13H,5-7H2,1H3,(H,21,23)/t10?,11?,13-,15?/m0/s1. The fourth-order valence-corrected chi connectivity index (χ4v) is 6.16. The SMILES string of the molecule is CC1(Br)CS[C@H]2C(NC(=O)Cc3cccs3)C(=O)N2C1C(=O)OCC(Cl)(Cl)Cl. The number of rotatable bonds is 5. The molecule has 0 aliphatic carbocycles. The maximum absolute atomic E-state index is 12.7. The number of amides is 2. The van der Waals surface area contributed by atoms with Crippen LogP contribution in [0.5, 0.6) is 0 Å². The molecule has 3 unspecified atom stereocenters. The summed E-state index contributed by atoms with van der Waals surface area (Å²) < 4.78 is 2.67. The number of hydrogen-bond donors (Lipinski definition) is 1. The second-order valence-electron chi connectivity index (χ2n) is 6.65. The molecule has 6 nitrogen and oxygen atoms in total. The molecule has 0 radical (unpaired) electrons. The monoisotopic (exact) mass is 548 g/mol. The van der Waals surface area contributed by atoms with E-state index in [0.717, 1.165) is 4.88 Å². The number of nitrogens with zero attached hydrogens (tertiary/aromatic N) is 1. The number of β-lactam (4-membered cyclic amide) rings is 1. The maximum atomic E-state index is 12.7. The first-order chi connectivity index (χ1) is 13.0. The molecule has 2 aliphatic heterocycles. The van der Waals surface area contributed by atoms with Crippen LogP contribution in [0.4, 0.5) is 0 Å². The van der Waals surface area contributed by atoms with Crippen LogP contribution in [0.1, 0.15) is 11.8 Å². The highest BCUT2D eigenvalue weighted by molar-refractivity contribution is 9.10. The van der Waals surface area contributed by atoms with Crippen LogP contribution in [-0.4, -0.2) is 60.6 Å². The van der Waals surface area contributed by atoms with Gasteiger partial charge in [0.2, 0.25) is 15.6 Å². The Morgan fingerprint density at radius 1 is 1.46 bits per heavy atom. The number of nitrogens with one attached hydrogen (secondary N) is 1. The number of thiophene rings is 1. The lowest BCUT2D eigenvalue weighted by atomic mass is 9.94. The van der Waals surface area contributed by atoms with Crippen LogP contribution in [0.2, 0.25) is 0 Å². The second kappa shape index (κ2) is 8.51. The third-order valence-electron chi connectivity index (χ3n) is 4.30. The molecule has 154 valence electrons. The van der Waals surface area contributed by atoms with Gasteiger partial charge in [-0.15, -0.1) is 23.1 Å². The van der Waals surface area contributed by atoms with Gasteiger partial charge in [0.05, 0.1) is 10.7 Å². The third-order valence-corrected chi connectivity index (χ3v) is 8.19. The maximum Gasteiger partial charge on any atom is 0.330 e. The molecular formula is C16H16BrCl3N2O4S2. The largest absolute Gasteiger partial charge is 0.460 e. The van der Waals surface area contributed by atoms with Gasteiger partial charge in [0.1, 0.15) is 24.1 Å². The lowest BCUT2D eigenvalue weighted by molar-refractivity contribution is -0.166.